The van der Waals surface area contributed by atoms with Crippen molar-refractivity contribution < 1.29 is 24.2 Å². The minimum Gasteiger partial charge on any atom is -0.497 e. The van der Waals surface area contributed by atoms with Crippen LogP contribution in [0, 0.1) is 0 Å². The summed E-state index contributed by atoms with van der Waals surface area (Å²) < 4.78 is 5.30. The average Bonchev–Trinajstić information content (AvgIpc) is 3.23. The van der Waals surface area contributed by atoms with Crippen molar-refractivity contribution in [2.24, 2.45) is 5.73 Å². The van der Waals surface area contributed by atoms with Crippen LogP contribution in [0.4, 0.5) is 0 Å². The largest absolute Gasteiger partial charge is 0.497 e. The third-order valence-corrected chi connectivity index (χ3v) is 6.14. The van der Waals surface area contributed by atoms with Gasteiger partial charge in [0.1, 0.15) is 11.8 Å². The fourth-order valence-corrected chi connectivity index (χ4v) is 4.39. The van der Waals surface area contributed by atoms with Crippen LogP contribution in [0.2, 0.25) is 0 Å². The molecule has 1 aliphatic heterocycles. The Kier molecular flexibility index (Phi) is 10.8. The van der Waals surface area contributed by atoms with Crippen molar-refractivity contribution in [3.8, 4) is 5.75 Å². The first-order valence-corrected chi connectivity index (χ1v) is 12.1. The zero-order valence-corrected chi connectivity index (χ0v) is 19.6. The van der Waals surface area contributed by atoms with Gasteiger partial charge in [-0.2, -0.15) is 11.8 Å². The lowest BCUT2D eigenvalue weighted by atomic mass is 10.1. The van der Waals surface area contributed by atoms with Crippen molar-refractivity contribution in [2.45, 2.75) is 37.9 Å². The molecule has 0 saturated carbocycles. The number of aliphatic carboxylic acids is 1. The summed E-state index contributed by atoms with van der Waals surface area (Å²) in [6, 6.07) is 6.63. The number of likely N-dealkylation sites (tertiary alicyclic amines) is 1. The van der Waals surface area contributed by atoms with E-state index in [9.17, 15) is 19.5 Å². The van der Waals surface area contributed by atoms with E-state index in [1.807, 2.05) is 35.4 Å². The van der Waals surface area contributed by atoms with E-state index in [1.165, 1.54) is 11.8 Å². The highest BCUT2D eigenvalue weighted by atomic mass is 32.2. The predicted octanol–water partition coefficient (Wildman–Crippen LogP) is 0.769. The van der Waals surface area contributed by atoms with E-state index in [1.54, 1.807) is 12.0 Å². The van der Waals surface area contributed by atoms with Crippen LogP contribution in [-0.2, 0) is 20.9 Å². The molecular formula is C22H34N4O5S. The molecule has 1 heterocycles. The molecule has 2 rings (SSSR count). The maximum Gasteiger partial charge on any atom is 0.326 e. The summed E-state index contributed by atoms with van der Waals surface area (Å²) in [5, 5.41) is 12.1. The number of hydrogen-bond donors (Lipinski definition) is 3. The normalized spacial score (nSPS) is 16.8. The molecule has 4 N–H and O–H groups in total. The molecule has 0 spiro atoms. The number of benzene rings is 1. The first kappa shape index (κ1) is 26.0. The number of rotatable bonds is 13. The van der Waals surface area contributed by atoms with Crippen LogP contribution in [0.3, 0.4) is 0 Å². The quantitative estimate of drug-likeness (QED) is 0.389. The van der Waals surface area contributed by atoms with Crippen molar-refractivity contribution in [3.05, 3.63) is 29.8 Å². The molecule has 0 aromatic heterocycles. The average molecular weight is 467 g/mol. The van der Waals surface area contributed by atoms with Gasteiger partial charge in [0.25, 0.3) is 0 Å². The van der Waals surface area contributed by atoms with Crippen molar-refractivity contribution >= 4 is 29.5 Å². The van der Waals surface area contributed by atoms with Gasteiger partial charge >= 0.3 is 5.97 Å². The maximum absolute atomic E-state index is 12.7. The zero-order chi connectivity index (χ0) is 23.5. The summed E-state index contributed by atoms with van der Waals surface area (Å²) in [5.41, 5.74) is 6.53. The van der Waals surface area contributed by atoms with Gasteiger partial charge in [0.05, 0.1) is 20.2 Å². The van der Waals surface area contributed by atoms with Crippen molar-refractivity contribution in [1.82, 2.24) is 15.1 Å². The third-order valence-electron chi connectivity index (χ3n) is 5.49. The number of methoxy groups -OCH3 is 1. The molecular weight excluding hydrogens is 432 g/mol. The molecule has 1 unspecified atom stereocenters. The minimum absolute atomic E-state index is 0.0292. The topological polar surface area (TPSA) is 125 Å². The van der Waals surface area contributed by atoms with Crippen LogP contribution < -0.4 is 15.8 Å². The molecule has 1 aliphatic rings. The minimum atomic E-state index is -1.04. The second-order valence-corrected chi connectivity index (χ2v) is 8.83. The number of nitrogens with one attached hydrogen (secondary N) is 1. The molecule has 9 nitrogen and oxygen atoms in total. The molecule has 178 valence electrons. The number of carboxylic acids is 1. The fraction of sp³-hybridized carbons (Fsp3) is 0.591. The van der Waals surface area contributed by atoms with Crippen molar-refractivity contribution in [1.29, 1.82) is 0 Å². The first-order valence-electron chi connectivity index (χ1n) is 10.7. The summed E-state index contributed by atoms with van der Waals surface area (Å²) in [5.74, 6) is -0.126. The van der Waals surface area contributed by atoms with Gasteiger partial charge in [0.2, 0.25) is 11.8 Å². The lowest BCUT2D eigenvalue weighted by molar-refractivity contribution is -0.142. The highest BCUT2D eigenvalue weighted by Crippen LogP contribution is 2.20. The van der Waals surface area contributed by atoms with Gasteiger partial charge in [-0.1, -0.05) is 12.1 Å². The Labute approximate surface area is 193 Å². The van der Waals surface area contributed by atoms with Crippen LogP contribution in [0.25, 0.3) is 0 Å². The number of hydrogen-bond acceptors (Lipinski definition) is 7. The van der Waals surface area contributed by atoms with Gasteiger partial charge in [0, 0.05) is 25.7 Å². The van der Waals surface area contributed by atoms with Crippen LogP contribution in [0.5, 0.6) is 5.75 Å². The van der Waals surface area contributed by atoms with Gasteiger partial charge in [-0.25, -0.2) is 4.79 Å². The number of nitrogens with zero attached hydrogens (tertiary/aromatic N) is 2. The Morgan fingerprint density at radius 3 is 2.84 bits per heavy atom. The van der Waals surface area contributed by atoms with E-state index < -0.39 is 12.0 Å². The SMILES string of the molecule is COc1cccc(CN(CC(=O)NC(CCSC)C(=O)O)C[C@@H]2CCCN2C(=O)CN)c1. The molecule has 1 aromatic carbocycles. The third kappa shape index (κ3) is 7.99. The number of carbonyl (C=O) groups is 3. The Morgan fingerprint density at radius 1 is 1.41 bits per heavy atom. The van der Waals surface area contributed by atoms with E-state index in [4.69, 9.17) is 10.5 Å². The van der Waals surface area contributed by atoms with Crippen molar-refractivity contribution in [2.75, 3.05) is 45.3 Å². The highest BCUT2D eigenvalue weighted by molar-refractivity contribution is 7.98. The number of ether oxygens (including phenoxy) is 1. The number of carbonyl (C=O) groups excluding carboxylic acids is 2. The summed E-state index contributed by atoms with van der Waals surface area (Å²) in [7, 11) is 1.60. The second-order valence-electron chi connectivity index (χ2n) is 7.85. The number of amides is 2. The van der Waals surface area contributed by atoms with Gasteiger partial charge in [0.15, 0.2) is 0 Å². The van der Waals surface area contributed by atoms with Gasteiger partial charge in [-0.3, -0.25) is 14.5 Å². The van der Waals surface area contributed by atoms with Crippen LogP contribution in [0.1, 0.15) is 24.8 Å². The first-order chi connectivity index (χ1) is 15.4. The predicted molar refractivity (Wildman–Crippen MR) is 125 cm³/mol. The lowest BCUT2D eigenvalue weighted by Gasteiger charge is -2.31. The van der Waals surface area contributed by atoms with E-state index >= 15 is 0 Å². The molecule has 10 heteroatoms. The van der Waals surface area contributed by atoms with E-state index in [2.05, 4.69) is 5.32 Å². The molecule has 1 fully saturated rings. The number of thioether (sulfide) groups is 1. The van der Waals surface area contributed by atoms with Gasteiger partial charge in [-0.15, -0.1) is 0 Å². The van der Waals surface area contributed by atoms with Crippen LogP contribution in [0.15, 0.2) is 24.3 Å². The summed E-state index contributed by atoms with van der Waals surface area (Å²) in [6.07, 6.45) is 3.99. The van der Waals surface area contributed by atoms with Crippen LogP contribution in [-0.4, -0.2) is 90.1 Å². The molecule has 0 radical (unpaired) electrons. The smallest absolute Gasteiger partial charge is 0.326 e. The Hall–Kier alpha value is -2.30. The highest BCUT2D eigenvalue weighted by Gasteiger charge is 2.30. The lowest BCUT2D eigenvalue weighted by Crippen LogP contribution is -2.49. The van der Waals surface area contributed by atoms with Gasteiger partial charge < -0.3 is 25.8 Å². The second kappa shape index (κ2) is 13.3. The molecule has 2 atom stereocenters. The number of nitrogens with two attached hydrogens (primary N) is 1. The standard InChI is InChI=1S/C22H34N4O5S/c1-31-18-7-3-5-16(11-18)13-25(14-17-6-4-9-26(17)21(28)12-23)15-20(27)24-19(22(29)30)8-10-32-2/h3,5,7,11,17,19H,4,6,8-10,12-15,23H2,1-2H3,(H,24,27)(H,29,30)/t17-,19?/m0/s1. The van der Waals surface area contributed by atoms with Crippen molar-refractivity contribution in [3.63, 3.8) is 0 Å². The Bertz CT molecular complexity index is 778. The molecule has 1 aromatic rings. The fourth-order valence-electron chi connectivity index (χ4n) is 3.92. The van der Waals surface area contributed by atoms with E-state index in [0.29, 0.717) is 31.8 Å². The Morgan fingerprint density at radius 2 is 2.19 bits per heavy atom. The Balaban J connectivity index is 2.12. The zero-order valence-electron chi connectivity index (χ0n) is 18.8. The molecule has 32 heavy (non-hydrogen) atoms. The monoisotopic (exact) mass is 466 g/mol. The van der Waals surface area contributed by atoms with Gasteiger partial charge in [-0.05, 0) is 49.0 Å². The molecule has 0 aliphatic carbocycles. The summed E-state index contributed by atoms with van der Waals surface area (Å²) >= 11 is 1.54. The summed E-state index contributed by atoms with van der Waals surface area (Å²) in [4.78, 5) is 40.2. The molecule has 1 saturated heterocycles. The van der Waals surface area contributed by atoms with E-state index in [-0.39, 0.29) is 30.9 Å². The van der Waals surface area contributed by atoms with Crippen LogP contribution >= 0.6 is 11.8 Å². The summed E-state index contributed by atoms with van der Waals surface area (Å²) in [6.45, 7) is 1.62. The number of carboxylic acid groups (broad SMARTS) is 1. The van der Waals surface area contributed by atoms with E-state index in [0.717, 1.165) is 24.2 Å². The molecule has 0 bridgehead atoms. The maximum atomic E-state index is 12.7. The molecule has 2 amide bonds.